The van der Waals surface area contributed by atoms with Crippen molar-refractivity contribution >= 4 is 11.8 Å². The average molecular weight is 224 g/mol. The molecule has 1 unspecified atom stereocenters. The van der Waals surface area contributed by atoms with Gasteiger partial charge in [0, 0.05) is 10.9 Å². The van der Waals surface area contributed by atoms with Crippen LogP contribution in [0.25, 0.3) is 0 Å². The van der Waals surface area contributed by atoms with Crippen LogP contribution in [0.15, 0.2) is 17.2 Å². The Hall–Kier alpha value is -0.540. The molecule has 1 atom stereocenters. The van der Waals surface area contributed by atoms with Crippen molar-refractivity contribution in [2.75, 3.05) is 6.54 Å². The fraction of sp³-hybridized carbons (Fsp3) is 0.583. The van der Waals surface area contributed by atoms with Gasteiger partial charge in [0.25, 0.3) is 0 Å². The first-order chi connectivity index (χ1) is 7.15. The lowest BCUT2D eigenvalue weighted by atomic mass is 10.2. The third-order valence-corrected chi connectivity index (χ3v) is 3.66. The molecule has 0 saturated heterocycles. The van der Waals surface area contributed by atoms with Crippen molar-refractivity contribution in [3.63, 3.8) is 0 Å². The average Bonchev–Trinajstić information content (AvgIpc) is 2.15. The number of hydrogen-bond donors (Lipinski definition) is 1. The summed E-state index contributed by atoms with van der Waals surface area (Å²) >= 11 is 1.85. The minimum atomic E-state index is 0.601. The molecule has 1 aromatic rings. The van der Waals surface area contributed by atoms with Gasteiger partial charge in [0.05, 0.1) is 5.03 Å². The summed E-state index contributed by atoms with van der Waals surface area (Å²) in [7, 11) is 0. The standard InChI is InChI=1S/C12H20N2S/c1-4-11(5-6-13)15-12-8-9(2)7-10(3)14-12/h7-8,11H,4-6,13H2,1-3H3. The van der Waals surface area contributed by atoms with Crippen molar-refractivity contribution in [1.29, 1.82) is 0 Å². The number of aryl methyl sites for hydroxylation is 2. The summed E-state index contributed by atoms with van der Waals surface area (Å²) in [5, 5.41) is 1.73. The highest BCUT2D eigenvalue weighted by atomic mass is 32.2. The summed E-state index contributed by atoms with van der Waals surface area (Å²) in [6, 6.07) is 4.25. The van der Waals surface area contributed by atoms with E-state index in [-0.39, 0.29) is 0 Å². The van der Waals surface area contributed by atoms with E-state index in [0.29, 0.717) is 5.25 Å². The lowest BCUT2D eigenvalue weighted by Crippen LogP contribution is -2.09. The predicted molar refractivity (Wildman–Crippen MR) is 67.3 cm³/mol. The van der Waals surface area contributed by atoms with Crippen LogP contribution in [0.5, 0.6) is 0 Å². The van der Waals surface area contributed by atoms with Gasteiger partial charge in [0.2, 0.25) is 0 Å². The molecule has 2 nitrogen and oxygen atoms in total. The maximum Gasteiger partial charge on any atom is 0.0968 e. The Bertz CT molecular complexity index is 292. The molecule has 1 aromatic heterocycles. The smallest absolute Gasteiger partial charge is 0.0968 e. The molecule has 3 heteroatoms. The van der Waals surface area contributed by atoms with Crippen LogP contribution < -0.4 is 5.73 Å². The van der Waals surface area contributed by atoms with Gasteiger partial charge in [0.15, 0.2) is 0 Å². The van der Waals surface area contributed by atoms with Crippen molar-refractivity contribution in [1.82, 2.24) is 4.98 Å². The van der Waals surface area contributed by atoms with Crippen molar-refractivity contribution in [3.05, 3.63) is 23.4 Å². The topological polar surface area (TPSA) is 38.9 Å². The minimum absolute atomic E-state index is 0.601. The molecule has 0 saturated carbocycles. The van der Waals surface area contributed by atoms with Gasteiger partial charge in [-0.1, -0.05) is 6.92 Å². The highest BCUT2D eigenvalue weighted by molar-refractivity contribution is 7.99. The van der Waals surface area contributed by atoms with Crippen LogP contribution in [-0.4, -0.2) is 16.8 Å². The lowest BCUT2D eigenvalue weighted by Gasteiger charge is -2.13. The monoisotopic (exact) mass is 224 g/mol. The van der Waals surface area contributed by atoms with Gasteiger partial charge in [-0.25, -0.2) is 4.98 Å². The van der Waals surface area contributed by atoms with Crippen LogP contribution >= 0.6 is 11.8 Å². The van der Waals surface area contributed by atoms with E-state index in [1.165, 1.54) is 5.56 Å². The Kier molecular flexibility index (Phi) is 5.12. The minimum Gasteiger partial charge on any atom is -0.330 e. The van der Waals surface area contributed by atoms with Gasteiger partial charge in [-0.3, -0.25) is 0 Å². The Morgan fingerprint density at radius 1 is 1.40 bits per heavy atom. The molecule has 84 valence electrons. The summed E-state index contributed by atoms with van der Waals surface area (Å²) in [4.78, 5) is 4.53. The zero-order valence-corrected chi connectivity index (χ0v) is 10.6. The van der Waals surface area contributed by atoms with E-state index in [2.05, 4.69) is 31.0 Å². The molecule has 0 spiro atoms. The second kappa shape index (κ2) is 6.13. The molecular weight excluding hydrogens is 204 g/mol. The number of rotatable bonds is 5. The van der Waals surface area contributed by atoms with Gasteiger partial charge in [0.1, 0.15) is 0 Å². The second-order valence-electron chi connectivity index (χ2n) is 3.85. The van der Waals surface area contributed by atoms with Crippen LogP contribution in [-0.2, 0) is 0 Å². The van der Waals surface area contributed by atoms with E-state index in [9.17, 15) is 0 Å². The number of hydrogen-bond acceptors (Lipinski definition) is 3. The molecule has 0 radical (unpaired) electrons. The van der Waals surface area contributed by atoms with E-state index < -0.39 is 0 Å². The van der Waals surface area contributed by atoms with Crippen LogP contribution in [0.4, 0.5) is 0 Å². The Morgan fingerprint density at radius 3 is 2.67 bits per heavy atom. The van der Waals surface area contributed by atoms with E-state index in [0.717, 1.165) is 30.1 Å². The fourth-order valence-corrected chi connectivity index (χ4v) is 2.78. The van der Waals surface area contributed by atoms with E-state index in [1.54, 1.807) is 0 Å². The summed E-state index contributed by atoms with van der Waals surface area (Å²) in [6.07, 6.45) is 2.21. The molecular formula is C12H20N2S. The molecule has 0 aliphatic heterocycles. The third-order valence-electron chi connectivity index (χ3n) is 2.31. The first-order valence-electron chi connectivity index (χ1n) is 5.47. The normalized spacial score (nSPS) is 12.8. The number of nitrogens with zero attached hydrogens (tertiary/aromatic N) is 1. The molecule has 1 rings (SSSR count). The highest BCUT2D eigenvalue weighted by Crippen LogP contribution is 2.26. The Balaban J connectivity index is 2.69. The molecule has 1 heterocycles. The fourth-order valence-electron chi connectivity index (χ4n) is 1.57. The SMILES string of the molecule is CCC(CCN)Sc1cc(C)cc(C)n1. The first-order valence-corrected chi connectivity index (χ1v) is 6.35. The van der Waals surface area contributed by atoms with Crippen LogP contribution in [0.2, 0.25) is 0 Å². The predicted octanol–water partition coefficient (Wildman–Crippen LogP) is 2.92. The van der Waals surface area contributed by atoms with Gasteiger partial charge < -0.3 is 5.73 Å². The zero-order chi connectivity index (χ0) is 11.3. The molecule has 0 aliphatic rings. The number of aromatic nitrogens is 1. The number of nitrogens with two attached hydrogens (primary N) is 1. The number of thioether (sulfide) groups is 1. The Morgan fingerprint density at radius 2 is 2.13 bits per heavy atom. The van der Waals surface area contributed by atoms with Crippen LogP contribution in [0.3, 0.4) is 0 Å². The van der Waals surface area contributed by atoms with Crippen molar-refractivity contribution in [2.45, 2.75) is 43.9 Å². The summed E-state index contributed by atoms with van der Waals surface area (Å²) in [5.74, 6) is 0. The third kappa shape index (κ3) is 4.22. The molecule has 0 fully saturated rings. The van der Waals surface area contributed by atoms with Gasteiger partial charge in [-0.15, -0.1) is 11.8 Å². The van der Waals surface area contributed by atoms with Gasteiger partial charge in [-0.05, 0) is 50.9 Å². The quantitative estimate of drug-likeness (QED) is 0.782. The molecule has 2 N–H and O–H groups in total. The van der Waals surface area contributed by atoms with Crippen molar-refractivity contribution in [2.24, 2.45) is 5.73 Å². The van der Waals surface area contributed by atoms with E-state index in [1.807, 2.05) is 18.7 Å². The van der Waals surface area contributed by atoms with Crippen molar-refractivity contribution < 1.29 is 0 Å². The molecule has 15 heavy (non-hydrogen) atoms. The second-order valence-corrected chi connectivity index (χ2v) is 5.17. The molecule has 0 aliphatic carbocycles. The molecule has 0 aromatic carbocycles. The maximum absolute atomic E-state index is 5.58. The summed E-state index contributed by atoms with van der Waals surface area (Å²) < 4.78 is 0. The lowest BCUT2D eigenvalue weighted by molar-refractivity contribution is 0.743. The van der Waals surface area contributed by atoms with Crippen LogP contribution in [0, 0.1) is 13.8 Å². The van der Waals surface area contributed by atoms with Crippen LogP contribution in [0.1, 0.15) is 31.0 Å². The molecule has 0 bridgehead atoms. The number of pyridine rings is 1. The van der Waals surface area contributed by atoms with Crippen molar-refractivity contribution in [3.8, 4) is 0 Å². The maximum atomic E-state index is 5.58. The molecule has 0 amide bonds. The van der Waals surface area contributed by atoms with Gasteiger partial charge >= 0.3 is 0 Å². The largest absolute Gasteiger partial charge is 0.330 e. The highest BCUT2D eigenvalue weighted by Gasteiger charge is 2.08. The summed E-state index contributed by atoms with van der Waals surface area (Å²) in [6.45, 7) is 7.12. The van der Waals surface area contributed by atoms with Gasteiger partial charge in [-0.2, -0.15) is 0 Å². The zero-order valence-electron chi connectivity index (χ0n) is 9.79. The van der Waals surface area contributed by atoms with E-state index >= 15 is 0 Å². The Labute approximate surface area is 96.7 Å². The van der Waals surface area contributed by atoms with E-state index in [4.69, 9.17) is 5.73 Å². The summed E-state index contributed by atoms with van der Waals surface area (Å²) in [5.41, 5.74) is 7.97. The first kappa shape index (κ1) is 12.5.